The maximum absolute atomic E-state index is 13.3. The number of hydrogen-bond donors (Lipinski definition) is 0. The van der Waals surface area contributed by atoms with E-state index >= 15 is 0 Å². The summed E-state index contributed by atoms with van der Waals surface area (Å²) in [7, 11) is 3.06. The van der Waals surface area contributed by atoms with E-state index < -0.39 is 0 Å². The number of rotatable bonds is 4. The first kappa shape index (κ1) is 16.5. The number of hydrogen-bond acceptors (Lipinski definition) is 3. The summed E-state index contributed by atoms with van der Waals surface area (Å²) >= 11 is 0. The Labute approximate surface area is 145 Å². The average Bonchev–Trinajstić information content (AvgIpc) is 2.67. The van der Waals surface area contributed by atoms with Crippen molar-refractivity contribution >= 4 is 5.69 Å². The van der Waals surface area contributed by atoms with Crippen molar-refractivity contribution in [3.63, 3.8) is 0 Å². The third-order valence-electron chi connectivity index (χ3n) is 3.79. The van der Waals surface area contributed by atoms with E-state index in [1.165, 1.54) is 19.2 Å². The summed E-state index contributed by atoms with van der Waals surface area (Å²) in [5.74, 6) is 0.535. The van der Waals surface area contributed by atoms with E-state index in [1.54, 1.807) is 31.4 Å². The fourth-order valence-electron chi connectivity index (χ4n) is 2.53. The van der Waals surface area contributed by atoms with E-state index in [0.29, 0.717) is 23.0 Å². The molecule has 5 heteroatoms. The molecule has 0 fully saturated rings. The van der Waals surface area contributed by atoms with Crippen LogP contribution in [0.2, 0.25) is 0 Å². The van der Waals surface area contributed by atoms with E-state index in [-0.39, 0.29) is 5.82 Å². The lowest BCUT2D eigenvalue weighted by atomic mass is 9.99. The Kier molecular flexibility index (Phi) is 4.62. The standard InChI is InChI=1S/C20H15FN2O2/c1-22-16-10-6-13(7-11-16)17-12-18(24-2)20(25-3)23-19(17)14-4-8-15(21)9-5-14/h4-12H,2-3H3. The first-order valence-corrected chi connectivity index (χ1v) is 7.53. The van der Waals surface area contributed by atoms with Crippen molar-refractivity contribution in [2.75, 3.05) is 14.2 Å². The number of benzene rings is 2. The van der Waals surface area contributed by atoms with E-state index in [1.807, 2.05) is 18.2 Å². The van der Waals surface area contributed by atoms with Gasteiger partial charge in [0.15, 0.2) is 11.4 Å². The highest BCUT2D eigenvalue weighted by atomic mass is 19.1. The van der Waals surface area contributed by atoms with Gasteiger partial charge in [-0.1, -0.05) is 24.3 Å². The minimum absolute atomic E-state index is 0.313. The Morgan fingerprint density at radius 3 is 2.12 bits per heavy atom. The van der Waals surface area contributed by atoms with Gasteiger partial charge < -0.3 is 9.47 Å². The molecule has 0 spiro atoms. The fraction of sp³-hybridized carbons (Fsp3) is 0.100. The summed E-state index contributed by atoms with van der Waals surface area (Å²) in [6.45, 7) is 7.07. The van der Waals surface area contributed by atoms with E-state index in [0.717, 1.165) is 16.7 Å². The van der Waals surface area contributed by atoms with Crippen molar-refractivity contribution in [3.05, 3.63) is 71.8 Å². The Morgan fingerprint density at radius 2 is 1.56 bits per heavy atom. The van der Waals surface area contributed by atoms with Gasteiger partial charge in [0.1, 0.15) is 5.82 Å². The molecule has 25 heavy (non-hydrogen) atoms. The zero-order valence-electron chi connectivity index (χ0n) is 13.8. The molecule has 0 aliphatic heterocycles. The van der Waals surface area contributed by atoms with Crippen LogP contribution in [-0.2, 0) is 0 Å². The van der Waals surface area contributed by atoms with Gasteiger partial charge in [0.2, 0.25) is 0 Å². The first-order chi connectivity index (χ1) is 12.2. The largest absolute Gasteiger partial charge is 0.491 e. The highest BCUT2D eigenvalue weighted by Crippen LogP contribution is 2.38. The van der Waals surface area contributed by atoms with Crippen molar-refractivity contribution in [1.29, 1.82) is 0 Å². The SMILES string of the molecule is [C-]#[N+]c1ccc(-c2cc(OC)c(OC)nc2-c2ccc(F)cc2)cc1. The summed E-state index contributed by atoms with van der Waals surface area (Å²) in [6, 6.07) is 15.1. The maximum Gasteiger partial charge on any atom is 0.257 e. The van der Waals surface area contributed by atoms with E-state index in [9.17, 15) is 4.39 Å². The molecule has 0 saturated heterocycles. The van der Waals surface area contributed by atoms with Crippen molar-refractivity contribution in [2.24, 2.45) is 0 Å². The lowest BCUT2D eigenvalue weighted by Gasteiger charge is -2.14. The second kappa shape index (κ2) is 7.02. The van der Waals surface area contributed by atoms with Crippen LogP contribution in [-0.4, -0.2) is 19.2 Å². The van der Waals surface area contributed by atoms with Gasteiger partial charge in [-0.25, -0.2) is 14.2 Å². The molecule has 4 nitrogen and oxygen atoms in total. The zero-order valence-corrected chi connectivity index (χ0v) is 13.8. The van der Waals surface area contributed by atoms with Gasteiger partial charge in [0, 0.05) is 11.1 Å². The van der Waals surface area contributed by atoms with Crippen LogP contribution >= 0.6 is 0 Å². The monoisotopic (exact) mass is 334 g/mol. The van der Waals surface area contributed by atoms with Crippen LogP contribution in [0.3, 0.4) is 0 Å². The molecule has 2 aromatic carbocycles. The van der Waals surface area contributed by atoms with Crippen molar-refractivity contribution in [3.8, 4) is 34.0 Å². The number of pyridine rings is 1. The molecule has 124 valence electrons. The second-order valence-corrected chi connectivity index (χ2v) is 5.26. The van der Waals surface area contributed by atoms with Crippen LogP contribution in [0.5, 0.6) is 11.6 Å². The van der Waals surface area contributed by atoms with Crippen LogP contribution < -0.4 is 9.47 Å². The molecule has 1 heterocycles. The number of ether oxygens (including phenoxy) is 2. The molecular weight excluding hydrogens is 319 g/mol. The number of halogens is 1. The summed E-state index contributed by atoms with van der Waals surface area (Å²) in [6.07, 6.45) is 0. The fourth-order valence-corrected chi connectivity index (χ4v) is 2.53. The van der Waals surface area contributed by atoms with Gasteiger partial charge in [-0.2, -0.15) is 0 Å². The van der Waals surface area contributed by atoms with Crippen molar-refractivity contribution < 1.29 is 13.9 Å². The molecule has 0 aliphatic rings. The molecule has 3 aromatic rings. The summed E-state index contributed by atoms with van der Waals surface area (Å²) in [5.41, 5.74) is 3.64. The maximum atomic E-state index is 13.3. The molecule has 0 amide bonds. The van der Waals surface area contributed by atoms with Gasteiger partial charge in [-0.3, -0.25) is 0 Å². The van der Waals surface area contributed by atoms with Gasteiger partial charge in [-0.15, -0.1) is 0 Å². The van der Waals surface area contributed by atoms with Gasteiger partial charge >= 0.3 is 0 Å². The molecule has 0 N–H and O–H groups in total. The average molecular weight is 334 g/mol. The topological polar surface area (TPSA) is 35.7 Å². The van der Waals surface area contributed by atoms with Crippen LogP contribution in [0.1, 0.15) is 0 Å². The zero-order chi connectivity index (χ0) is 17.8. The molecule has 0 atom stereocenters. The molecular formula is C20H15FN2O2. The third-order valence-corrected chi connectivity index (χ3v) is 3.79. The number of nitrogens with zero attached hydrogens (tertiary/aromatic N) is 2. The summed E-state index contributed by atoms with van der Waals surface area (Å²) in [4.78, 5) is 7.96. The minimum Gasteiger partial charge on any atom is -0.491 e. The van der Waals surface area contributed by atoms with E-state index in [2.05, 4.69) is 9.83 Å². The highest BCUT2D eigenvalue weighted by molar-refractivity contribution is 5.83. The smallest absolute Gasteiger partial charge is 0.257 e. The van der Waals surface area contributed by atoms with Crippen LogP contribution in [0.4, 0.5) is 10.1 Å². The Bertz CT molecular complexity index is 930. The number of aromatic nitrogens is 1. The van der Waals surface area contributed by atoms with Gasteiger partial charge in [0.25, 0.3) is 5.88 Å². The van der Waals surface area contributed by atoms with Crippen LogP contribution in [0.15, 0.2) is 54.6 Å². The molecule has 0 radical (unpaired) electrons. The minimum atomic E-state index is -0.313. The first-order valence-electron chi connectivity index (χ1n) is 7.53. The van der Waals surface area contributed by atoms with Gasteiger partial charge in [-0.05, 0) is 35.9 Å². The third kappa shape index (κ3) is 3.29. The molecule has 3 rings (SSSR count). The lowest BCUT2D eigenvalue weighted by molar-refractivity contribution is 0.343. The second-order valence-electron chi connectivity index (χ2n) is 5.26. The predicted molar refractivity (Wildman–Crippen MR) is 94.4 cm³/mol. The van der Waals surface area contributed by atoms with Crippen LogP contribution in [0.25, 0.3) is 27.2 Å². The molecule has 0 saturated carbocycles. The lowest BCUT2D eigenvalue weighted by Crippen LogP contribution is -1.98. The highest BCUT2D eigenvalue weighted by Gasteiger charge is 2.16. The van der Waals surface area contributed by atoms with Crippen molar-refractivity contribution in [2.45, 2.75) is 0 Å². The van der Waals surface area contributed by atoms with E-state index in [4.69, 9.17) is 16.0 Å². The molecule has 1 aromatic heterocycles. The van der Waals surface area contributed by atoms with Gasteiger partial charge in [0.05, 0.1) is 26.5 Å². The Balaban J connectivity index is 2.23. The molecule has 0 bridgehead atoms. The quantitative estimate of drug-likeness (QED) is 0.621. The molecule has 0 unspecified atom stereocenters. The predicted octanol–water partition coefficient (Wildman–Crippen LogP) is 5.12. The molecule has 0 aliphatic carbocycles. The normalized spacial score (nSPS) is 10.2. The summed E-state index contributed by atoms with van der Waals surface area (Å²) in [5, 5.41) is 0. The number of methoxy groups -OCH3 is 2. The Hall–Kier alpha value is -3.39. The summed E-state index contributed by atoms with van der Waals surface area (Å²) < 4.78 is 23.9. The van der Waals surface area contributed by atoms with Crippen molar-refractivity contribution in [1.82, 2.24) is 4.98 Å². The van der Waals surface area contributed by atoms with Crippen LogP contribution in [0, 0.1) is 12.4 Å². The Morgan fingerprint density at radius 1 is 0.920 bits per heavy atom.